The Labute approximate surface area is 142 Å². The van der Waals surface area contributed by atoms with E-state index in [-0.39, 0.29) is 0 Å². The van der Waals surface area contributed by atoms with Crippen molar-refractivity contribution < 1.29 is 24.2 Å². The third-order valence-corrected chi connectivity index (χ3v) is 3.94. The van der Waals surface area contributed by atoms with Gasteiger partial charge in [-0.2, -0.15) is 4.98 Å². The molecule has 25 heavy (non-hydrogen) atoms. The van der Waals surface area contributed by atoms with Gasteiger partial charge in [0.1, 0.15) is 12.2 Å². The van der Waals surface area contributed by atoms with E-state index in [1.165, 1.54) is 6.92 Å². The number of anilines is 1. The summed E-state index contributed by atoms with van der Waals surface area (Å²) in [5.74, 6) is -0.859. The maximum Gasteiger partial charge on any atom is 0.352 e. The first-order valence-electron chi connectivity index (χ1n) is 7.66. The molecule has 0 radical (unpaired) electrons. The normalized spacial score (nSPS) is 25.8. The Bertz CT molecular complexity index is 810. The lowest BCUT2D eigenvalue weighted by Crippen LogP contribution is -2.36. The molecule has 8 nitrogen and oxygen atoms in total. The first-order valence-corrected chi connectivity index (χ1v) is 7.66. The number of nitrogens with zero attached hydrogens (tertiary/aromatic N) is 2. The lowest BCUT2D eigenvalue weighted by molar-refractivity contribution is -0.0355. The maximum absolute atomic E-state index is 14.2. The largest absolute Gasteiger partial charge is 0.388 e. The number of nitrogens with one attached hydrogen (secondary N) is 1. The van der Waals surface area contributed by atoms with Gasteiger partial charge in [0.2, 0.25) is 5.82 Å². The predicted molar refractivity (Wildman–Crippen MR) is 85.5 cm³/mol. The molecular formula is C16H18FN3O5. The van der Waals surface area contributed by atoms with Gasteiger partial charge in [0, 0.05) is 0 Å². The van der Waals surface area contributed by atoms with Gasteiger partial charge in [-0.25, -0.2) is 14.7 Å². The average molecular weight is 351 g/mol. The monoisotopic (exact) mass is 351 g/mol. The van der Waals surface area contributed by atoms with Crippen LogP contribution < -0.4 is 16.0 Å². The fourth-order valence-electron chi connectivity index (χ4n) is 2.47. The molecule has 4 atom stereocenters. The number of halogens is 1. The van der Waals surface area contributed by atoms with Gasteiger partial charge in [0.15, 0.2) is 17.8 Å². The van der Waals surface area contributed by atoms with Crippen LogP contribution in [0.4, 0.5) is 10.2 Å². The Kier molecular flexibility index (Phi) is 4.71. The summed E-state index contributed by atoms with van der Waals surface area (Å²) < 4.78 is 20.3. The van der Waals surface area contributed by atoms with Crippen LogP contribution in [0.2, 0.25) is 0 Å². The van der Waals surface area contributed by atoms with Crippen molar-refractivity contribution in [2.45, 2.75) is 38.4 Å². The molecule has 1 fully saturated rings. The summed E-state index contributed by atoms with van der Waals surface area (Å²) in [5.41, 5.74) is 2.46. The van der Waals surface area contributed by atoms with Crippen LogP contribution in [0, 0.1) is 12.7 Å². The van der Waals surface area contributed by atoms with Crippen molar-refractivity contribution in [3.05, 3.63) is 52.3 Å². The summed E-state index contributed by atoms with van der Waals surface area (Å²) >= 11 is 0. The Morgan fingerprint density at radius 3 is 2.56 bits per heavy atom. The van der Waals surface area contributed by atoms with Crippen molar-refractivity contribution in [1.82, 2.24) is 9.55 Å². The number of rotatable bonds is 4. The molecule has 0 saturated carbocycles. The van der Waals surface area contributed by atoms with E-state index in [2.05, 4.69) is 10.5 Å². The van der Waals surface area contributed by atoms with E-state index in [0.29, 0.717) is 5.75 Å². The molecule has 1 aromatic heterocycles. The van der Waals surface area contributed by atoms with Gasteiger partial charge in [0.25, 0.3) is 0 Å². The number of aliphatic hydroxyl groups excluding tert-OH is 2. The lowest BCUT2D eigenvalue weighted by Gasteiger charge is -2.18. The number of aromatic nitrogens is 2. The predicted octanol–water partition coefficient (Wildman–Crippen LogP) is 0.736. The zero-order valence-electron chi connectivity index (χ0n) is 13.6. The van der Waals surface area contributed by atoms with E-state index in [0.717, 1.165) is 16.3 Å². The van der Waals surface area contributed by atoms with Crippen LogP contribution in [0.15, 0.2) is 35.3 Å². The zero-order valence-corrected chi connectivity index (χ0v) is 13.6. The van der Waals surface area contributed by atoms with E-state index < -0.39 is 41.9 Å². The number of hydrogen-bond donors (Lipinski definition) is 3. The third kappa shape index (κ3) is 3.48. The highest BCUT2D eigenvalue weighted by atomic mass is 19.1. The molecule has 2 heterocycles. The lowest BCUT2D eigenvalue weighted by atomic mass is 10.1. The van der Waals surface area contributed by atoms with Gasteiger partial charge in [-0.3, -0.25) is 4.57 Å². The van der Waals surface area contributed by atoms with Crippen molar-refractivity contribution in [3.63, 3.8) is 0 Å². The van der Waals surface area contributed by atoms with Gasteiger partial charge >= 0.3 is 5.69 Å². The summed E-state index contributed by atoms with van der Waals surface area (Å²) in [6, 6.07) is 6.97. The van der Waals surface area contributed by atoms with Crippen LogP contribution in [-0.4, -0.2) is 38.1 Å². The summed E-state index contributed by atoms with van der Waals surface area (Å²) in [5, 5.41) is 19.6. The molecule has 1 saturated heterocycles. The SMILES string of the molecule is Cc1ccc(ONc2nc(=O)n([C@@H]3O[C@H](C)[C@@H](O)[C@H]3O)cc2F)cc1. The molecule has 9 heteroatoms. The van der Waals surface area contributed by atoms with Crippen molar-refractivity contribution in [1.29, 1.82) is 0 Å². The van der Waals surface area contributed by atoms with Gasteiger partial charge < -0.3 is 19.8 Å². The molecule has 0 aliphatic carbocycles. The minimum absolute atomic E-state index is 0.400. The van der Waals surface area contributed by atoms with Crippen LogP contribution in [0.25, 0.3) is 0 Å². The Morgan fingerprint density at radius 2 is 1.96 bits per heavy atom. The molecule has 2 aromatic rings. The van der Waals surface area contributed by atoms with E-state index >= 15 is 0 Å². The first kappa shape index (κ1) is 17.3. The van der Waals surface area contributed by atoms with Crippen LogP contribution in [0.5, 0.6) is 5.75 Å². The molecule has 0 spiro atoms. The molecule has 3 N–H and O–H groups in total. The minimum Gasteiger partial charge on any atom is -0.388 e. The number of aliphatic hydroxyl groups is 2. The summed E-state index contributed by atoms with van der Waals surface area (Å²) in [6.07, 6.45) is -3.61. The fourth-order valence-corrected chi connectivity index (χ4v) is 2.47. The van der Waals surface area contributed by atoms with Crippen LogP contribution in [0.3, 0.4) is 0 Å². The van der Waals surface area contributed by atoms with Gasteiger partial charge in [0.05, 0.1) is 12.3 Å². The first-order chi connectivity index (χ1) is 11.9. The molecule has 0 unspecified atom stereocenters. The Balaban J connectivity index is 1.78. The fraction of sp³-hybridized carbons (Fsp3) is 0.375. The van der Waals surface area contributed by atoms with Gasteiger partial charge in [-0.1, -0.05) is 17.7 Å². The van der Waals surface area contributed by atoms with Crippen molar-refractivity contribution in [2.75, 3.05) is 5.48 Å². The van der Waals surface area contributed by atoms with Crippen molar-refractivity contribution in [2.24, 2.45) is 0 Å². The Hall–Kier alpha value is -2.49. The standard InChI is InChI=1S/C16H18FN3O5/c1-8-3-5-10(6-4-8)25-19-14-11(17)7-20(16(23)18-14)15-13(22)12(21)9(2)24-15/h3-7,9,12-13,15,21-22H,1-2H3,(H,18,19,23)/t9-,12-,13-,15-/m1/s1. The highest BCUT2D eigenvalue weighted by Crippen LogP contribution is 2.28. The second kappa shape index (κ2) is 6.79. The van der Waals surface area contributed by atoms with Crippen molar-refractivity contribution >= 4 is 5.82 Å². The molecule has 1 aliphatic heterocycles. The summed E-state index contributed by atoms with van der Waals surface area (Å²) in [7, 11) is 0. The number of benzene rings is 1. The summed E-state index contributed by atoms with van der Waals surface area (Å²) in [4.78, 5) is 20.9. The topological polar surface area (TPSA) is 106 Å². The van der Waals surface area contributed by atoms with E-state index in [1.807, 2.05) is 19.1 Å². The second-order valence-corrected chi connectivity index (χ2v) is 5.86. The molecule has 1 aromatic carbocycles. The summed E-state index contributed by atoms with van der Waals surface area (Å²) in [6.45, 7) is 3.45. The van der Waals surface area contributed by atoms with Gasteiger partial charge in [-0.15, -0.1) is 0 Å². The maximum atomic E-state index is 14.2. The van der Waals surface area contributed by atoms with Crippen LogP contribution >= 0.6 is 0 Å². The smallest absolute Gasteiger partial charge is 0.352 e. The van der Waals surface area contributed by atoms with Crippen LogP contribution in [0.1, 0.15) is 18.7 Å². The quantitative estimate of drug-likeness (QED) is 0.698. The minimum atomic E-state index is -1.36. The molecular weight excluding hydrogens is 333 g/mol. The highest BCUT2D eigenvalue weighted by molar-refractivity contribution is 5.34. The van der Waals surface area contributed by atoms with Gasteiger partial charge in [-0.05, 0) is 26.0 Å². The van der Waals surface area contributed by atoms with E-state index in [4.69, 9.17) is 9.57 Å². The number of aryl methyl sites for hydroxylation is 1. The highest BCUT2D eigenvalue weighted by Gasteiger charge is 2.42. The molecule has 1 aliphatic rings. The molecule has 3 rings (SSSR count). The number of ether oxygens (including phenoxy) is 1. The van der Waals surface area contributed by atoms with Crippen LogP contribution in [-0.2, 0) is 4.74 Å². The molecule has 0 amide bonds. The van der Waals surface area contributed by atoms with E-state index in [9.17, 15) is 19.4 Å². The Morgan fingerprint density at radius 1 is 1.28 bits per heavy atom. The average Bonchev–Trinajstić information content (AvgIpc) is 2.84. The molecule has 0 bridgehead atoms. The van der Waals surface area contributed by atoms with Crippen molar-refractivity contribution in [3.8, 4) is 5.75 Å². The third-order valence-electron chi connectivity index (χ3n) is 3.94. The second-order valence-electron chi connectivity index (χ2n) is 5.86. The zero-order chi connectivity index (χ0) is 18.1. The van der Waals surface area contributed by atoms with E-state index in [1.54, 1.807) is 12.1 Å². The molecule has 134 valence electrons. The number of hydrogen-bond acceptors (Lipinski definition) is 7.